The molecule has 0 aliphatic rings. The first kappa shape index (κ1) is 15.5. The molecule has 1 N–H and O–H groups in total. The van der Waals surface area contributed by atoms with E-state index in [0.29, 0.717) is 17.1 Å². The van der Waals surface area contributed by atoms with Crippen LogP contribution >= 0.6 is 23.4 Å². The zero-order valence-corrected chi connectivity index (χ0v) is 13.1. The van der Waals surface area contributed by atoms with Crippen molar-refractivity contribution in [2.75, 3.05) is 12.8 Å². The van der Waals surface area contributed by atoms with Crippen LogP contribution in [0.5, 0.6) is 0 Å². The van der Waals surface area contributed by atoms with Gasteiger partial charge in [0, 0.05) is 15.5 Å². The molecule has 0 spiro atoms. The largest absolute Gasteiger partial charge is 0.341 e. The summed E-state index contributed by atoms with van der Waals surface area (Å²) in [5.74, 6) is 5.78. The van der Waals surface area contributed by atoms with Crippen LogP contribution < -0.4 is 5.32 Å². The van der Waals surface area contributed by atoms with Crippen LogP contribution in [0.4, 0.5) is 0 Å². The molecule has 0 heterocycles. The third-order valence-electron chi connectivity index (χ3n) is 2.75. The molecule has 0 bridgehead atoms. The second-order valence-corrected chi connectivity index (χ2v) is 5.48. The minimum absolute atomic E-state index is 0.111. The summed E-state index contributed by atoms with van der Waals surface area (Å²) in [5.41, 5.74) is 1.51. The van der Waals surface area contributed by atoms with Gasteiger partial charge in [-0.1, -0.05) is 41.6 Å². The fourth-order valence-corrected chi connectivity index (χ4v) is 2.55. The van der Waals surface area contributed by atoms with Gasteiger partial charge in [-0.3, -0.25) is 4.79 Å². The van der Waals surface area contributed by atoms with Crippen molar-refractivity contribution in [1.82, 2.24) is 5.32 Å². The van der Waals surface area contributed by atoms with Crippen molar-refractivity contribution in [1.29, 1.82) is 0 Å². The lowest BCUT2D eigenvalue weighted by atomic mass is 10.2. The summed E-state index contributed by atoms with van der Waals surface area (Å²) < 4.78 is 0. The molecule has 2 nitrogen and oxygen atoms in total. The van der Waals surface area contributed by atoms with Gasteiger partial charge in [-0.15, -0.1) is 11.8 Å². The molecule has 0 radical (unpaired) electrons. The van der Waals surface area contributed by atoms with Crippen molar-refractivity contribution in [3.05, 3.63) is 64.7 Å². The average Bonchev–Trinajstić information content (AvgIpc) is 2.51. The Morgan fingerprint density at radius 3 is 2.81 bits per heavy atom. The summed E-state index contributed by atoms with van der Waals surface area (Å²) in [6.07, 6.45) is 1.95. The molecule has 0 aromatic heterocycles. The number of halogens is 1. The van der Waals surface area contributed by atoms with Gasteiger partial charge in [-0.2, -0.15) is 0 Å². The Balaban J connectivity index is 1.96. The van der Waals surface area contributed by atoms with Crippen LogP contribution in [0.15, 0.2) is 53.4 Å². The van der Waals surface area contributed by atoms with Crippen LogP contribution in [0.25, 0.3) is 0 Å². The molecule has 0 saturated carbocycles. The number of carbonyl (C=O) groups is 1. The number of carbonyl (C=O) groups excluding carboxylic acids is 1. The van der Waals surface area contributed by atoms with Crippen molar-refractivity contribution >= 4 is 29.3 Å². The first-order chi connectivity index (χ1) is 10.2. The quantitative estimate of drug-likeness (QED) is 0.688. The molecular formula is C17H14ClNOS. The molecule has 0 unspecified atom stereocenters. The Hall–Kier alpha value is -1.89. The lowest BCUT2D eigenvalue weighted by Gasteiger charge is -2.05. The van der Waals surface area contributed by atoms with Crippen LogP contribution in [-0.2, 0) is 0 Å². The highest BCUT2D eigenvalue weighted by Crippen LogP contribution is 2.19. The topological polar surface area (TPSA) is 29.1 Å². The number of thioether (sulfide) groups is 1. The maximum atomic E-state index is 12.1. The van der Waals surface area contributed by atoms with Crippen molar-refractivity contribution in [3.63, 3.8) is 0 Å². The van der Waals surface area contributed by atoms with E-state index in [1.54, 1.807) is 23.9 Å². The minimum Gasteiger partial charge on any atom is -0.341 e. The SMILES string of the molecule is CSc1ccccc1C(=O)NCC#Cc1cccc(Cl)c1. The maximum Gasteiger partial charge on any atom is 0.253 e. The molecule has 0 saturated heterocycles. The number of amides is 1. The van der Waals surface area contributed by atoms with E-state index in [-0.39, 0.29) is 5.91 Å². The molecule has 0 atom stereocenters. The van der Waals surface area contributed by atoms with E-state index >= 15 is 0 Å². The van der Waals surface area contributed by atoms with E-state index in [0.717, 1.165) is 10.5 Å². The molecule has 0 fully saturated rings. The number of nitrogens with one attached hydrogen (secondary N) is 1. The maximum absolute atomic E-state index is 12.1. The summed E-state index contributed by atoms with van der Waals surface area (Å²) in [4.78, 5) is 13.0. The highest BCUT2D eigenvalue weighted by Gasteiger charge is 2.08. The molecule has 21 heavy (non-hydrogen) atoms. The predicted molar refractivity (Wildman–Crippen MR) is 88.9 cm³/mol. The first-order valence-electron chi connectivity index (χ1n) is 6.36. The Morgan fingerprint density at radius 1 is 1.24 bits per heavy atom. The lowest BCUT2D eigenvalue weighted by Crippen LogP contribution is -2.24. The van der Waals surface area contributed by atoms with E-state index in [1.807, 2.05) is 42.7 Å². The second-order valence-electron chi connectivity index (χ2n) is 4.20. The summed E-state index contributed by atoms with van der Waals surface area (Å²) in [6, 6.07) is 14.8. The van der Waals surface area contributed by atoms with Gasteiger partial charge in [0.2, 0.25) is 0 Å². The van der Waals surface area contributed by atoms with Gasteiger partial charge in [0.15, 0.2) is 0 Å². The number of hydrogen-bond donors (Lipinski definition) is 1. The number of benzene rings is 2. The lowest BCUT2D eigenvalue weighted by molar-refractivity contribution is 0.0956. The smallest absolute Gasteiger partial charge is 0.253 e. The highest BCUT2D eigenvalue weighted by molar-refractivity contribution is 7.98. The predicted octanol–water partition coefficient (Wildman–Crippen LogP) is 3.84. The summed E-state index contributed by atoms with van der Waals surface area (Å²) in [7, 11) is 0. The molecule has 106 valence electrons. The number of rotatable bonds is 3. The van der Waals surface area contributed by atoms with Gasteiger partial charge in [0.05, 0.1) is 12.1 Å². The summed E-state index contributed by atoms with van der Waals surface area (Å²) in [5, 5.41) is 3.45. The Bertz CT molecular complexity index is 703. The van der Waals surface area contributed by atoms with Crippen LogP contribution in [0.2, 0.25) is 5.02 Å². The molecule has 0 aliphatic heterocycles. The monoisotopic (exact) mass is 315 g/mol. The Kier molecular flexibility index (Phi) is 5.74. The zero-order chi connectivity index (χ0) is 15.1. The second kappa shape index (κ2) is 7.78. The average molecular weight is 316 g/mol. The summed E-state index contributed by atoms with van der Waals surface area (Å²) in [6.45, 7) is 0.300. The van der Waals surface area contributed by atoms with Crippen molar-refractivity contribution < 1.29 is 4.79 Å². The molecule has 2 rings (SSSR count). The fourth-order valence-electron chi connectivity index (χ4n) is 1.76. The normalized spacial score (nSPS) is 9.62. The van der Waals surface area contributed by atoms with Gasteiger partial charge in [0.25, 0.3) is 5.91 Å². The highest BCUT2D eigenvalue weighted by atomic mass is 35.5. The third-order valence-corrected chi connectivity index (χ3v) is 3.78. The Labute approximate surface area is 133 Å². The molecule has 2 aromatic carbocycles. The van der Waals surface area contributed by atoms with E-state index in [2.05, 4.69) is 17.2 Å². The summed E-state index contributed by atoms with van der Waals surface area (Å²) >= 11 is 7.43. The molecular weight excluding hydrogens is 302 g/mol. The van der Waals surface area contributed by atoms with E-state index in [1.165, 1.54) is 0 Å². The van der Waals surface area contributed by atoms with Crippen molar-refractivity contribution in [3.8, 4) is 11.8 Å². The van der Waals surface area contributed by atoms with Gasteiger partial charge in [-0.05, 0) is 36.6 Å². The molecule has 4 heteroatoms. The van der Waals surface area contributed by atoms with Crippen LogP contribution in [0.3, 0.4) is 0 Å². The standard InChI is InChI=1S/C17H14ClNOS/c1-21-16-10-3-2-9-15(16)17(20)19-11-5-7-13-6-4-8-14(18)12-13/h2-4,6,8-10,12H,11H2,1H3,(H,19,20). The first-order valence-corrected chi connectivity index (χ1v) is 7.96. The van der Waals surface area contributed by atoms with Crippen LogP contribution in [-0.4, -0.2) is 18.7 Å². The van der Waals surface area contributed by atoms with E-state index in [4.69, 9.17) is 11.6 Å². The van der Waals surface area contributed by atoms with Gasteiger partial charge in [0.1, 0.15) is 0 Å². The minimum atomic E-state index is -0.111. The zero-order valence-electron chi connectivity index (χ0n) is 11.5. The number of hydrogen-bond acceptors (Lipinski definition) is 2. The molecule has 2 aromatic rings. The Morgan fingerprint density at radius 2 is 2.05 bits per heavy atom. The van der Waals surface area contributed by atoms with E-state index in [9.17, 15) is 4.79 Å². The van der Waals surface area contributed by atoms with Crippen molar-refractivity contribution in [2.45, 2.75) is 4.90 Å². The fraction of sp³-hybridized carbons (Fsp3) is 0.118. The van der Waals surface area contributed by atoms with Crippen LogP contribution in [0.1, 0.15) is 15.9 Å². The van der Waals surface area contributed by atoms with E-state index < -0.39 is 0 Å². The van der Waals surface area contributed by atoms with Gasteiger partial charge in [-0.25, -0.2) is 0 Å². The molecule has 0 aliphatic carbocycles. The third kappa shape index (κ3) is 4.56. The van der Waals surface area contributed by atoms with Crippen LogP contribution in [0, 0.1) is 11.8 Å². The van der Waals surface area contributed by atoms with Crippen molar-refractivity contribution in [2.24, 2.45) is 0 Å². The van der Waals surface area contributed by atoms with Gasteiger partial charge < -0.3 is 5.32 Å². The molecule has 1 amide bonds. The van der Waals surface area contributed by atoms with Gasteiger partial charge >= 0.3 is 0 Å².